The molecule has 140 valence electrons. The highest BCUT2D eigenvalue weighted by Gasteiger charge is 2.18. The Hall–Kier alpha value is -2.79. The Labute approximate surface area is 161 Å². The van der Waals surface area contributed by atoms with E-state index in [9.17, 15) is 9.59 Å². The summed E-state index contributed by atoms with van der Waals surface area (Å²) >= 11 is 5.93. The molecule has 0 radical (unpaired) electrons. The van der Waals surface area contributed by atoms with Crippen molar-refractivity contribution in [1.82, 2.24) is 0 Å². The third-order valence-corrected chi connectivity index (χ3v) is 4.36. The van der Waals surface area contributed by atoms with E-state index in [1.54, 1.807) is 63.2 Å². The summed E-state index contributed by atoms with van der Waals surface area (Å²) in [5.41, 5.74) is 1.49. The second-order valence-corrected chi connectivity index (χ2v) is 6.48. The molecule has 3 rings (SSSR count). The minimum Gasteiger partial charge on any atom is -0.479 e. The summed E-state index contributed by atoms with van der Waals surface area (Å²) in [5, 5.41) is 1.03. The summed E-state index contributed by atoms with van der Waals surface area (Å²) in [4.78, 5) is 24.7. The Morgan fingerprint density at radius 1 is 1.19 bits per heavy atom. The molecule has 0 bridgehead atoms. The van der Waals surface area contributed by atoms with Crippen LogP contribution in [0, 0.1) is 6.92 Å². The fourth-order valence-corrected chi connectivity index (χ4v) is 2.95. The van der Waals surface area contributed by atoms with Crippen molar-refractivity contribution >= 4 is 28.5 Å². The van der Waals surface area contributed by atoms with Gasteiger partial charge in [0.2, 0.25) is 5.43 Å². The normalized spacial score (nSPS) is 12.0. The van der Waals surface area contributed by atoms with E-state index in [-0.39, 0.29) is 12.0 Å². The average Bonchev–Trinajstić information content (AvgIpc) is 2.63. The van der Waals surface area contributed by atoms with E-state index in [0.717, 1.165) is 5.56 Å². The van der Waals surface area contributed by atoms with E-state index in [0.29, 0.717) is 33.1 Å². The highest BCUT2D eigenvalue weighted by Crippen LogP contribution is 2.27. The number of fused-ring (bicyclic) bond motifs is 1. The van der Waals surface area contributed by atoms with E-state index in [1.807, 2.05) is 0 Å². The van der Waals surface area contributed by atoms with Gasteiger partial charge >= 0.3 is 5.97 Å². The molecule has 6 heteroatoms. The average molecular weight is 387 g/mol. The number of carbonyl (C=O) groups excluding carboxylic acids is 1. The summed E-state index contributed by atoms with van der Waals surface area (Å²) < 4.78 is 16.4. The topological polar surface area (TPSA) is 65.7 Å². The van der Waals surface area contributed by atoms with Crippen molar-refractivity contribution in [3.05, 3.63) is 63.5 Å². The van der Waals surface area contributed by atoms with Crippen LogP contribution in [-0.4, -0.2) is 18.7 Å². The minimum atomic E-state index is -0.761. The molecule has 0 aliphatic heterocycles. The monoisotopic (exact) mass is 386 g/mol. The number of benzene rings is 2. The fraction of sp³-hybridized carbons (Fsp3) is 0.238. The molecule has 2 aromatic carbocycles. The largest absolute Gasteiger partial charge is 0.479 e. The Morgan fingerprint density at radius 2 is 1.89 bits per heavy atom. The molecular weight excluding hydrogens is 368 g/mol. The first-order valence-corrected chi connectivity index (χ1v) is 8.95. The predicted molar refractivity (Wildman–Crippen MR) is 104 cm³/mol. The number of halogens is 1. The summed E-state index contributed by atoms with van der Waals surface area (Å²) in [6, 6.07) is 11.9. The van der Waals surface area contributed by atoms with E-state index in [1.165, 1.54) is 0 Å². The van der Waals surface area contributed by atoms with Crippen LogP contribution in [0.25, 0.3) is 22.1 Å². The standard InChI is InChI=1S/C21H19ClO5/c1-4-25-21(24)13(3)26-16-9-10-17-18(11-16)27-12(2)19(20(17)23)14-5-7-15(22)8-6-14/h5-11,13H,4H2,1-3H3. The SMILES string of the molecule is CCOC(=O)C(C)Oc1ccc2c(=O)c(-c3ccc(Cl)cc3)c(C)oc2c1. The lowest BCUT2D eigenvalue weighted by Crippen LogP contribution is -2.26. The van der Waals surface area contributed by atoms with Gasteiger partial charge in [0, 0.05) is 11.1 Å². The minimum absolute atomic E-state index is 0.138. The van der Waals surface area contributed by atoms with Gasteiger partial charge < -0.3 is 13.9 Å². The Kier molecular flexibility index (Phi) is 5.51. The maximum absolute atomic E-state index is 13.0. The van der Waals surface area contributed by atoms with Crippen LogP contribution in [0.1, 0.15) is 19.6 Å². The van der Waals surface area contributed by atoms with Gasteiger partial charge in [-0.2, -0.15) is 0 Å². The van der Waals surface area contributed by atoms with Crippen LogP contribution in [0.4, 0.5) is 0 Å². The van der Waals surface area contributed by atoms with Crippen molar-refractivity contribution in [2.75, 3.05) is 6.61 Å². The van der Waals surface area contributed by atoms with Crippen molar-refractivity contribution < 1.29 is 18.7 Å². The second-order valence-electron chi connectivity index (χ2n) is 6.04. The third kappa shape index (κ3) is 3.98. The number of rotatable bonds is 5. The first kappa shape index (κ1) is 19.0. The van der Waals surface area contributed by atoms with E-state index < -0.39 is 12.1 Å². The van der Waals surface area contributed by atoms with Gasteiger partial charge in [-0.3, -0.25) is 4.79 Å². The molecule has 1 aromatic heterocycles. The van der Waals surface area contributed by atoms with Crippen LogP contribution < -0.4 is 10.2 Å². The van der Waals surface area contributed by atoms with Crippen LogP contribution in [0.5, 0.6) is 5.75 Å². The van der Waals surface area contributed by atoms with Gasteiger partial charge in [0.15, 0.2) is 6.10 Å². The van der Waals surface area contributed by atoms with E-state index in [4.69, 9.17) is 25.5 Å². The van der Waals surface area contributed by atoms with Gasteiger partial charge in [0.05, 0.1) is 17.6 Å². The van der Waals surface area contributed by atoms with Gasteiger partial charge in [-0.15, -0.1) is 0 Å². The van der Waals surface area contributed by atoms with Crippen molar-refractivity contribution in [3.63, 3.8) is 0 Å². The molecule has 0 aliphatic rings. The van der Waals surface area contributed by atoms with Gasteiger partial charge in [-0.05, 0) is 50.6 Å². The number of esters is 1. The molecule has 1 atom stereocenters. The lowest BCUT2D eigenvalue weighted by Gasteiger charge is -2.14. The molecule has 0 amide bonds. The van der Waals surface area contributed by atoms with Crippen molar-refractivity contribution in [1.29, 1.82) is 0 Å². The van der Waals surface area contributed by atoms with Gasteiger partial charge in [0.25, 0.3) is 0 Å². The molecule has 0 aliphatic carbocycles. The van der Waals surface area contributed by atoms with Gasteiger partial charge in [-0.25, -0.2) is 4.79 Å². The second kappa shape index (κ2) is 7.84. The molecule has 1 unspecified atom stereocenters. The molecular formula is C21H19ClO5. The smallest absolute Gasteiger partial charge is 0.347 e. The van der Waals surface area contributed by atoms with E-state index in [2.05, 4.69) is 0 Å². The molecule has 0 saturated carbocycles. The summed E-state index contributed by atoms with van der Waals surface area (Å²) in [7, 11) is 0. The Morgan fingerprint density at radius 3 is 2.56 bits per heavy atom. The first-order chi connectivity index (χ1) is 12.9. The number of aryl methyl sites for hydroxylation is 1. The van der Waals surface area contributed by atoms with Crippen molar-refractivity contribution in [3.8, 4) is 16.9 Å². The van der Waals surface area contributed by atoms with Crippen LogP contribution in [0.3, 0.4) is 0 Å². The number of carbonyl (C=O) groups is 1. The highest BCUT2D eigenvalue weighted by molar-refractivity contribution is 6.30. The summed E-state index contributed by atoms with van der Waals surface area (Å²) in [6.45, 7) is 5.36. The van der Waals surface area contributed by atoms with Gasteiger partial charge in [0.1, 0.15) is 17.1 Å². The van der Waals surface area contributed by atoms with E-state index >= 15 is 0 Å². The maximum Gasteiger partial charge on any atom is 0.347 e. The molecule has 27 heavy (non-hydrogen) atoms. The lowest BCUT2D eigenvalue weighted by molar-refractivity contribution is -0.150. The van der Waals surface area contributed by atoms with Crippen LogP contribution in [0.15, 0.2) is 51.7 Å². The van der Waals surface area contributed by atoms with Crippen molar-refractivity contribution in [2.45, 2.75) is 26.9 Å². The first-order valence-electron chi connectivity index (χ1n) is 8.57. The predicted octanol–water partition coefficient (Wildman–Crippen LogP) is 4.75. The van der Waals surface area contributed by atoms with Crippen LogP contribution in [0.2, 0.25) is 5.02 Å². The molecule has 0 N–H and O–H groups in total. The Balaban J connectivity index is 2.00. The number of ether oxygens (including phenoxy) is 2. The number of hydrogen-bond donors (Lipinski definition) is 0. The van der Waals surface area contributed by atoms with Crippen LogP contribution >= 0.6 is 11.6 Å². The fourth-order valence-electron chi connectivity index (χ4n) is 2.82. The van der Waals surface area contributed by atoms with Crippen LogP contribution in [-0.2, 0) is 9.53 Å². The summed E-state index contributed by atoms with van der Waals surface area (Å²) in [5.74, 6) is 0.462. The summed E-state index contributed by atoms with van der Waals surface area (Å²) in [6.07, 6.45) is -0.761. The third-order valence-electron chi connectivity index (χ3n) is 4.10. The molecule has 5 nitrogen and oxygen atoms in total. The van der Waals surface area contributed by atoms with Crippen molar-refractivity contribution in [2.24, 2.45) is 0 Å². The zero-order valence-corrected chi connectivity index (χ0v) is 16.0. The maximum atomic E-state index is 13.0. The Bertz CT molecular complexity index is 1040. The molecule has 0 spiro atoms. The molecule has 0 fully saturated rings. The van der Waals surface area contributed by atoms with Gasteiger partial charge in [-0.1, -0.05) is 23.7 Å². The highest BCUT2D eigenvalue weighted by atomic mass is 35.5. The quantitative estimate of drug-likeness (QED) is 0.592. The molecule has 3 aromatic rings. The number of hydrogen-bond acceptors (Lipinski definition) is 5. The molecule has 1 heterocycles. The lowest BCUT2D eigenvalue weighted by atomic mass is 10.0. The molecule has 0 saturated heterocycles. The zero-order chi connectivity index (χ0) is 19.6. The zero-order valence-electron chi connectivity index (χ0n) is 15.2.